The van der Waals surface area contributed by atoms with Crippen molar-refractivity contribution in [3.8, 4) is 0 Å². The molecule has 122 valence electrons. The molecular formula is C18H23N3O2. The molecule has 0 saturated heterocycles. The van der Waals surface area contributed by atoms with Crippen molar-refractivity contribution in [2.75, 3.05) is 7.11 Å². The number of hydrogen-bond donors (Lipinski definition) is 1. The molecule has 0 aliphatic heterocycles. The van der Waals surface area contributed by atoms with Crippen LogP contribution in [0.2, 0.25) is 0 Å². The summed E-state index contributed by atoms with van der Waals surface area (Å²) in [5, 5.41) is 7.64. The zero-order chi connectivity index (χ0) is 16.2. The predicted octanol–water partition coefficient (Wildman–Crippen LogP) is 2.46. The average Bonchev–Trinajstić information content (AvgIpc) is 2.99. The minimum absolute atomic E-state index is 0.0355. The van der Waals surface area contributed by atoms with Crippen molar-refractivity contribution >= 4 is 5.91 Å². The molecule has 1 aromatic heterocycles. The fourth-order valence-electron chi connectivity index (χ4n) is 3.06. The van der Waals surface area contributed by atoms with Crippen molar-refractivity contribution in [1.29, 1.82) is 0 Å². The third-order valence-corrected chi connectivity index (χ3v) is 4.48. The van der Waals surface area contributed by atoms with Gasteiger partial charge in [0.15, 0.2) is 0 Å². The highest BCUT2D eigenvalue weighted by molar-refractivity contribution is 5.80. The van der Waals surface area contributed by atoms with E-state index in [0.29, 0.717) is 0 Å². The van der Waals surface area contributed by atoms with E-state index in [0.717, 1.165) is 31.4 Å². The Morgan fingerprint density at radius 3 is 2.96 bits per heavy atom. The Labute approximate surface area is 136 Å². The molecule has 2 unspecified atom stereocenters. The third kappa shape index (κ3) is 3.45. The van der Waals surface area contributed by atoms with E-state index in [9.17, 15) is 4.79 Å². The molecule has 2 aromatic rings. The second-order valence-electron chi connectivity index (χ2n) is 6.02. The molecule has 23 heavy (non-hydrogen) atoms. The maximum absolute atomic E-state index is 12.1. The van der Waals surface area contributed by atoms with Gasteiger partial charge in [0.25, 0.3) is 0 Å². The Morgan fingerprint density at radius 1 is 1.43 bits per heavy atom. The van der Waals surface area contributed by atoms with Crippen LogP contribution >= 0.6 is 0 Å². The van der Waals surface area contributed by atoms with Crippen LogP contribution < -0.4 is 5.32 Å². The topological polar surface area (TPSA) is 56.1 Å². The molecule has 0 saturated carbocycles. The summed E-state index contributed by atoms with van der Waals surface area (Å²) in [6.07, 6.45) is 4.49. The molecule has 1 aliphatic carbocycles. The summed E-state index contributed by atoms with van der Waals surface area (Å²) in [6.45, 7) is 2.53. The van der Waals surface area contributed by atoms with Gasteiger partial charge in [-0.2, -0.15) is 5.10 Å². The number of benzene rings is 1. The van der Waals surface area contributed by atoms with Gasteiger partial charge < -0.3 is 10.1 Å². The standard InChI is InChI=1S/C18H23N3O2/c1-13(23-2)18(22)20-16-9-6-10-17-15(16)11-19-21(17)12-14-7-4-3-5-8-14/h3-5,7-8,11,13,16H,6,9-10,12H2,1-2H3,(H,20,22). The summed E-state index contributed by atoms with van der Waals surface area (Å²) in [4.78, 5) is 12.1. The number of fused-ring (bicyclic) bond motifs is 1. The smallest absolute Gasteiger partial charge is 0.249 e. The fourth-order valence-corrected chi connectivity index (χ4v) is 3.06. The van der Waals surface area contributed by atoms with E-state index in [1.165, 1.54) is 11.3 Å². The number of carbonyl (C=O) groups excluding carboxylic acids is 1. The molecule has 5 nitrogen and oxygen atoms in total. The second kappa shape index (κ2) is 6.96. The number of methoxy groups -OCH3 is 1. The fraction of sp³-hybridized carbons (Fsp3) is 0.444. The lowest BCUT2D eigenvalue weighted by Gasteiger charge is -2.25. The number of carbonyl (C=O) groups is 1. The van der Waals surface area contributed by atoms with E-state index in [1.807, 2.05) is 24.4 Å². The third-order valence-electron chi connectivity index (χ3n) is 4.48. The lowest BCUT2D eigenvalue weighted by atomic mass is 9.92. The molecule has 5 heteroatoms. The van der Waals surface area contributed by atoms with Gasteiger partial charge in [0.1, 0.15) is 6.10 Å². The van der Waals surface area contributed by atoms with Gasteiger partial charge in [0, 0.05) is 18.4 Å². The van der Waals surface area contributed by atoms with Gasteiger partial charge in [-0.25, -0.2) is 0 Å². The quantitative estimate of drug-likeness (QED) is 0.922. The summed E-state index contributed by atoms with van der Waals surface area (Å²) in [5.74, 6) is -0.0684. The van der Waals surface area contributed by atoms with Crippen LogP contribution in [0.25, 0.3) is 0 Å². The first-order valence-electron chi connectivity index (χ1n) is 8.10. The normalized spacial score (nSPS) is 18.3. The Balaban J connectivity index is 1.77. The molecule has 1 aliphatic rings. The Bertz CT molecular complexity index is 666. The van der Waals surface area contributed by atoms with Gasteiger partial charge in [0.2, 0.25) is 5.91 Å². The van der Waals surface area contributed by atoms with Crippen LogP contribution in [0, 0.1) is 0 Å². The second-order valence-corrected chi connectivity index (χ2v) is 6.02. The van der Waals surface area contributed by atoms with Gasteiger partial charge in [-0.15, -0.1) is 0 Å². The van der Waals surface area contributed by atoms with Crippen LogP contribution in [0.1, 0.15) is 42.6 Å². The van der Waals surface area contributed by atoms with Crippen molar-refractivity contribution in [3.05, 3.63) is 53.3 Å². The molecule has 1 amide bonds. The van der Waals surface area contributed by atoms with Crippen molar-refractivity contribution in [3.63, 3.8) is 0 Å². The molecule has 1 heterocycles. The van der Waals surface area contributed by atoms with Gasteiger partial charge in [0.05, 0.1) is 18.8 Å². The van der Waals surface area contributed by atoms with E-state index in [2.05, 4.69) is 27.2 Å². The number of amides is 1. The lowest BCUT2D eigenvalue weighted by Crippen LogP contribution is -2.37. The molecule has 2 atom stereocenters. The average molecular weight is 313 g/mol. The van der Waals surface area contributed by atoms with E-state index in [-0.39, 0.29) is 11.9 Å². The number of ether oxygens (including phenoxy) is 1. The Kier molecular flexibility index (Phi) is 4.76. The number of hydrogen-bond acceptors (Lipinski definition) is 3. The first-order valence-corrected chi connectivity index (χ1v) is 8.10. The van der Waals surface area contributed by atoms with Crippen molar-refractivity contribution in [2.45, 2.75) is 44.9 Å². The van der Waals surface area contributed by atoms with E-state index < -0.39 is 6.10 Å². The van der Waals surface area contributed by atoms with E-state index >= 15 is 0 Å². The van der Waals surface area contributed by atoms with E-state index in [1.54, 1.807) is 14.0 Å². The number of nitrogens with zero attached hydrogens (tertiary/aromatic N) is 2. The SMILES string of the molecule is COC(C)C(=O)NC1CCCc2c1cnn2Cc1ccccc1. The highest BCUT2D eigenvalue weighted by Crippen LogP contribution is 2.30. The largest absolute Gasteiger partial charge is 0.372 e. The van der Waals surface area contributed by atoms with E-state index in [4.69, 9.17) is 4.74 Å². The molecular weight excluding hydrogens is 290 g/mol. The van der Waals surface area contributed by atoms with Gasteiger partial charge in [-0.3, -0.25) is 9.48 Å². The zero-order valence-electron chi connectivity index (χ0n) is 13.7. The van der Waals surface area contributed by atoms with Gasteiger partial charge in [-0.05, 0) is 31.7 Å². The predicted molar refractivity (Wildman–Crippen MR) is 88.1 cm³/mol. The highest BCUT2D eigenvalue weighted by Gasteiger charge is 2.26. The van der Waals surface area contributed by atoms with Crippen LogP contribution in [0.3, 0.4) is 0 Å². The first-order chi connectivity index (χ1) is 11.2. The maximum atomic E-state index is 12.1. The van der Waals surface area contributed by atoms with Crippen LogP contribution in [0.4, 0.5) is 0 Å². The molecule has 0 bridgehead atoms. The monoisotopic (exact) mass is 313 g/mol. The Hall–Kier alpha value is -2.14. The molecule has 3 rings (SSSR count). The summed E-state index contributed by atoms with van der Waals surface area (Å²) in [5.41, 5.74) is 3.61. The van der Waals surface area contributed by atoms with Gasteiger partial charge in [-0.1, -0.05) is 30.3 Å². The van der Waals surface area contributed by atoms with Gasteiger partial charge >= 0.3 is 0 Å². The van der Waals surface area contributed by atoms with Crippen molar-refractivity contribution < 1.29 is 9.53 Å². The first kappa shape index (κ1) is 15.7. The number of rotatable bonds is 5. The maximum Gasteiger partial charge on any atom is 0.249 e. The van der Waals surface area contributed by atoms with Crippen LogP contribution in [0.15, 0.2) is 36.5 Å². The summed E-state index contributed by atoms with van der Waals surface area (Å²) < 4.78 is 7.15. The molecule has 0 fully saturated rings. The summed E-state index contributed by atoms with van der Waals surface area (Å²) in [6, 6.07) is 10.4. The minimum atomic E-state index is -0.431. The molecule has 0 spiro atoms. The molecule has 0 radical (unpaired) electrons. The van der Waals surface area contributed by atoms with Crippen LogP contribution in [-0.2, 0) is 22.5 Å². The lowest BCUT2D eigenvalue weighted by molar-refractivity contribution is -0.130. The summed E-state index contributed by atoms with van der Waals surface area (Å²) in [7, 11) is 1.55. The summed E-state index contributed by atoms with van der Waals surface area (Å²) >= 11 is 0. The van der Waals surface area contributed by atoms with Crippen LogP contribution in [0.5, 0.6) is 0 Å². The molecule has 1 aromatic carbocycles. The number of aromatic nitrogens is 2. The molecule has 1 N–H and O–H groups in total. The zero-order valence-corrected chi connectivity index (χ0v) is 13.7. The highest BCUT2D eigenvalue weighted by atomic mass is 16.5. The number of nitrogens with one attached hydrogen (secondary N) is 1. The van der Waals surface area contributed by atoms with Crippen LogP contribution in [-0.4, -0.2) is 28.9 Å². The minimum Gasteiger partial charge on any atom is -0.372 e. The Morgan fingerprint density at radius 2 is 2.22 bits per heavy atom. The van der Waals surface area contributed by atoms with Crippen molar-refractivity contribution in [1.82, 2.24) is 15.1 Å². The van der Waals surface area contributed by atoms with Crippen molar-refractivity contribution in [2.24, 2.45) is 0 Å².